The van der Waals surface area contributed by atoms with Crippen LogP contribution in [0.4, 0.5) is 0 Å². The van der Waals surface area contributed by atoms with Gasteiger partial charge in [-0.15, -0.1) is 24.0 Å². The van der Waals surface area contributed by atoms with Crippen LogP contribution >= 0.6 is 24.0 Å². The Morgan fingerprint density at radius 1 is 1.10 bits per heavy atom. The van der Waals surface area contributed by atoms with Gasteiger partial charge in [0.1, 0.15) is 0 Å². The van der Waals surface area contributed by atoms with Crippen molar-refractivity contribution in [3.8, 4) is 0 Å². The highest BCUT2D eigenvalue weighted by molar-refractivity contribution is 14.0. The number of rotatable bonds is 5. The van der Waals surface area contributed by atoms with Crippen LogP contribution in [-0.4, -0.2) is 94.2 Å². The molecule has 0 aromatic rings. The number of nitrogens with zero attached hydrogens (tertiary/aromatic N) is 3. The van der Waals surface area contributed by atoms with Crippen molar-refractivity contribution < 1.29 is 13.2 Å². The monoisotopic (exact) mass is 570 g/mol. The number of nitrogens with one attached hydrogen (secondary N) is 1. The lowest BCUT2D eigenvalue weighted by Gasteiger charge is -2.43. The van der Waals surface area contributed by atoms with E-state index in [4.69, 9.17) is 4.74 Å². The number of sulfone groups is 1. The average Bonchev–Trinajstić information content (AvgIpc) is 2.74. The molecule has 0 aromatic heterocycles. The number of hydrogen-bond acceptors (Lipinski definition) is 5. The van der Waals surface area contributed by atoms with Crippen molar-refractivity contribution in [1.29, 1.82) is 0 Å². The van der Waals surface area contributed by atoms with E-state index in [0.717, 1.165) is 50.0 Å². The lowest BCUT2D eigenvalue weighted by molar-refractivity contribution is 0.0744. The van der Waals surface area contributed by atoms with Gasteiger partial charge in [-0.2, -0.15) is 0 Å². The van der Waals surface area contributed by atoms with Gasteiger partial charge in [-0.3, -0.25) is 9.89 Å². The summed E-state index contributed by atoms with van der Waals surface area (Å²) >= 11 is 0. The maximum Gasteiger partial charge on any atom is 0.193 e. The summed E-state index contributed by atoms with van der Waals surface area (Å²) < 4.78 is 29.7. The van der Waals surface area contributed by atoms with Crippen LogP contribution in [0.3, 0.4) is 0 Å². The summed E-state index contributed by atoms with van der Waals surface area (Å²) in [5.41, 5.74) is 0. The predicted molar refractivity (Wildman–Crippen MR) is 138 cm³/mol. The van der Waals surface area contributed by atoms with Crippen LogP contribution < -0.4 is 5.32 Å². The van der Waals surface area contributed by atoms with Crippen LogP contribution in [-0.2, 0) is 14.6 Å². The molecule has 0 amide bonds. The van der Waals surface area contributed by atoms with Gasteiger partial charge in [-0.05, 0) is 50.4 Å². The topological polar surface area (TPSA) is 74.2 Å². The molecular formula is C22H43IN4O3S. The third-order valence-corrected chi connectivity index (χ3v) is 9.91. The Kier molecular flexibility index (Phi) is 10.4. The van der Waals surface area contributed by atoms with Crippen LogP contribution in [0.1, 0.15) is 52.4 Å². The minimum atomic E-state index is -3.18. The second-order valence-electron chi connectivity index (χ2n) is 9.80. The first kappa shape index (κ1) is 27.1. The fourth-order valence-electron chi connectivity index (χ4n) is 5.43. The number of hydrogen-bond donors (Lipinski definition) is 1. The molecule has 0 radical (unpaired) electrons. The number of halogens is 1. The van der Waals surface area contributed by atoms with Crippen molar-refractivity contribution >= 4 is 39.8 Å². The summed E-state index contributed by atoms with van der Waals surface area (Å²) in [5, 5.41) is 3.39. The zero-order chi connectivity index (χ0) is 21.8. The first-order valence-corrected chi connectivity index (χ1v) is 13.6. The quantitative estimate of drug-likeness (QED) is 0.311. The highest BCUT2D eigenvalue weighted by Gasteiger charge is 2.42. The summed E-state index contributed by atoms with van der Waals surface area (Å²) in [4.78, 5) is 9.41. The third kappa shape index (κ3) is 6.69. The zero-order valence-electron chi connectivity index (χ0n) is 19.8. The van der Waals surface area contributed by atoms with E-state index in [1.165, 1.54) is 31.9 Å². The van der Waals surface area contributed by atoms with Crippen LogP contribution in [0.5, 0.6) is 0 Å². The minimum Gasteiger partial charge on any atom is -0.381 e. The van der Waals surface area contributed by atoms with Crippen molar-refractivity contribution in [3.63, 3.8) is 0 Å². The van der Waals surface area contributed by atoms with E-state index in [1.54, 1.807) is 7.05 Å². The highest BCUT2D eigenvalue weighted by atomic mass is 127. The van der Waals surface area contributed by atoms with Gasteiger partial charge in [-0.1, -0.05) is 13.8 Å². The lowest BCUT2D eigenvalue weighted by Crippen LogP contribution is -2.58. The second-order valence-corrected chi connectivity index (χ2v) is 12.2. The first-order chi connectivity index (χ1) is 14.3. The maximum atomic E-state index is 12.5. The minimum absolute atomic E-state index is 0. The summed E-state index contributed by atoms with van der Waals surface area (Å²) in [6.45, 7) is 10.1. The number of aliphatic imine (C=N–C) groups is 1. The molecule has 182 valence electrons. The molecule has 0 atom stereocenters. The molecule has 3 fully saturated rings. The van der Waals surface area contributed by atoms with Gasteiger partial charge >= 0.3 is 0 Å². The van der Waals surface area contributed by atoms with Crippen LogP contribution in [0.25, 0.3) is 0 Å². The van der Waals surface area contributed by atoms with E-state index in [2.05, 4.69) is 34.0 Å². The van der Waals surface area contributed by atoms with E-state index in [0.29, 0.717) is 32.6 Å². The highest BCUT2D eigenvalue weighted by Crippen LogP contribution is 2.32. The Bertz CT molecular complexity index is 679. The fraction of sp³-hybridized carbons (Fsp3) is 0.955. The second kappa shape index (κ2) is 11.8. The molecule has 0 unspecified atom stereocenters. The molecule has 2 aliphatic heterocycles. The lowest BCUT2D eigenvalue weighted by atomic mass is 9.79. The molecule has 2 saturated heterocycles. The smallest absolute Gasteiger partial charge is 0.193 e. The molecule has 0 spiro atoms. The van der Waals surface area contributed by atoms with Crippen molar-refractivity contribution in [3.05, 3.63) is 0 Å². The van der Waals surface area contributed by atoms with Crippen molar-refractivity contribution in [2.75, 3.05) is 59.2 Å². The summed E-state index contributed by atoms with van der Waals surface area (Å²) in [7, 11) is -1.39. The van der Waals surface area contributed by atoms with E-state index in [-0.39, 0.29) is 24.0 Å². The molecule has 3 rings (SSSR count). The largest absolute Gasteiger partial charge is 0.381 e. The van der Waals surface area contributed by atoms with Gasteiger partial charge in [-0.25, -0.2) is 8.42 Å². The normalized spacial score (nSPS) is 28.3. The van der Waals surface area contributed by atoms with E-state index in [1.807, 2.05) is 0 Å². The summed E-state index contributed by atoms with van der Waals surface area (Å²) in [6.07, 6.45) is 7.83. The van der Waals surface area contributed by atoms with Crippen LogP contribution in [0.15, 0.2) is 4.99 Å². The van der Waals surface area contributed by atoms with Gasteiger partial charge in [0, 0.05) is 65.3 Å². The van der Waals surface area contributed by atoms with E-state index in [9.17, 15) is 8.42 Å². The van der Waals surface area contributed by atoms with E-state index >= 15 is 0 Å². The van der Waals surface area contributed by atoms with Crippen molar-refractivity contribution in [1.82, 2.24) is 15.1 Å². The van der Waals surface area contributed by atoms with Crippen molar-refractivity contribution in [2.24, 2.45) is 16.8 Å². The SMILES string of the molecule is CN=C(NCC1(S(C)(=O)=O)CCOCC1)N1CCN(C2CCC(C(C)C)CC2)CC1.I. The van der Waals surface area contributed by atoms with Gasteiger partial charge in [0.2, 0.25) is 0 Å². The first-order valence-electron chi connectivity index (χ1n) is 11.7. The van der Waals surface area contributed by atoms with Gasteiger partial charge in [0.15, 0.2) is 15.8 Å². The number of ether oxygens (including phenoxy) is 1. The Morgan fingerprint density at radius 2 is 1.68 bits per heavy atom. The molecule has 7 nitrogen and oxygen atoms in total. The molecule has 0 bridgehead atoms. The standard InChI is InChI=1S/C22H42N4O3S.HI/c1-18(2)19-5-7-20(8-6-19)25-11-13-26(14-12-25)21(23-3)24-17-22(30(4,27)28)9-15-29-16-10-22;/h18-20H,5-17H2,1-4H3,(H,23,24);1H. The fourth-order valence-corrected chi connectivity index (χ4v) is 6.67. The Hall–Kier alpha value is -0.130. The third-order valence-electron chi connectivity index (χ3n) is 7.79. The maximum absolute atomic E-state index is 12.5. The van der Waals surface area contributed by atoms with E-state index < -0.39 is 14.6 Å². The molecule has 0 aromatic carbocycles. The number of piperazine rings is 1. The molecule has 3 aliphatic rings. The molecular weight excluding hydrogens is 527 g/mol. The molecule has 31 heavy (non-hydrogen) atoms. The Balaban J connectivity index is 0.00000341. The van der Waals surface area contributed by atoms with Crippen LogP contribution in [0, 0.1) is 11.8 Å². The zero-order valence-corrected chi connectivity index (χ0v) is 23.0. The average molecular weight is 571 g/mol. The predicted octanol–water partition coefficient (Wildman–Crippen LogP) is 2.61. The Morgan fingerprint density at radius 3 is 2.16 bits per heavy atom. The molecule has 1 saturated carbocycles. The van der Waals surface area contributed by atoms with Gasteiger partial charge < -0.3 is 15.0 Å². The molecule has 9 heteroatoms. The number of guanidine groups is 1. The molecule has 1 N–H and O–H groups in total. The Labute approximate surface area is 206 Å². The van der Waals surface area contributed by atoms with Crippen LogP contribution in [0.2, 0.25) is 0 Å². The summed E-state index contributed by atoms with van der Waals surface area (Å²) in [5.74, 6) is 2.54. The van der Waals surface area contributed by atoms with Gasteiger partial charge in [0.25, 0.3) is 0 Å². The van der Waals surface area contributed by atoms with Gasteiger partial charge in [0.05, 0.1) is 4.75 Å². The van der Waals surface area contributed by atoms with Crippen molar-refractivity contribution in [2.45, 2.75) is 63.2 Å². The summed E-state index contributed by atoms with van der Waals surface area (Å²) in [6, 6.07) is 0.730. The molecule has 1 aliphatic carbocycles. The molecule has 2 heterocycles.